The molecule has 0 N–H and O–H groups in total. The molecule has 1 aromatic rings. The van der Waals surface area contributed by atoms with Crippen molar-refractivity contribution in [3.63, 3.8) is 0 Å². The van der Waals surface area contributed by atoms with E-state index in [1.165, 1.54) is 39.5 Å². The second kappa shape index (κ2) is 16.5. The standard InChI is InChI=1S/C39H52N2O12/c1-22(2)29-12-10-23(3)30-17-33(52-34(45)13-11-28-18-41(8)21-40-28)38(7)14-15-39(46-9,53-38)27(16-31(29)30)19-47-37-36(51-26(6)44)35(50-25(5)43)32(20-48-37)49-24(4)42/h10-11,13-16,18,21-22,29-33,35-37H,12,17,19-20H2,1-9H3/b13-11+,27-16-/t29-,30+,31-,32-,33+,35-,36+,37-,38+,39-/m1/s1. The summed E-state index contributed by atoms with van der Waals surface area (Å²) in [6, 6.07) is 0. The van der Waals surface area contributed by atoms with Crippen LogP contribution in [-0.2, 0) is 64.1 Å². The van der Waals surface area contributed by atoms with Gasteiger partial charge in [-0.25, -0.2) is 9.78 Å². The highest BCUT2D eigenvalue weighted by atomic mass is 16.7. The number of imidazole rings is 1. The van der Waals surface area contributed by atoms with Crippen LogP contribution in [0.1, 0.15) is 67.0 Å². The second-order valence-electron chi connectivity index (χ2n) is 14.7. The van der Waals surface area contributed by atoms with Crippen LogP contribution in [0.3, 0.4) is 0 Å². The molecule has 3 aliphatic heterocycles. The third kappa shape index (κ3) is 9.17. The quantitative estimate of drug-likeness (QED) is 0.136. The zero-order chi connectivity index (χ0) is 38.7. The van der Waals surface area contributed by atoms with Crippen molar-refractivity contribution < 1.29 is 57.1 Å². The molecule has 0 saturated carbocycles. The Bertz CT molecular complexity index is 1660. The Labute approximate surface area is 310 Å². The Hall–Kier alpha value is -4.11. The van der Waals surface area contributed by atoms with E-state index in [1.807, 2.05) is 20.0 Å². The van der Waals surface area contributed by atoms with Crippen molar-refractivity contribution in [3.05, 3.63) is 59.7 Å². The van der Waals surface area contributed by atoms with Crippen LogP contribution in [0.25, 0.3) is 6.08 Å². The van der Waals surface area contributed by atoms with Crippen LogP contribution in [0.2, 0.25) is 0 Å². The number of nitrogens with zero attached hydrogens (tertiary/aromatic N) is 2. The number of carbonyl (C=O) groups excluding carboxylic acids is 4. The topological polar surface area (TPSA) is 160 Å². The molecule has 2 bridgehead atoms. The maximum atomic E-state index is 13.4. The highest BCUT2D eigenvalue weighted by Crippen LogP contribution is 2.50. The van der Waals surface area contributed by atoms with E-state index in [4.69, 9.17) is 37.9 Å². The lowest BCUT2D eigenvalue weighted by Crippen LogP contribution is -2.58. The van der Waals surface area contributed by atoms with Crippen LogP contribution in [0.15, 0.2) is 54.1 Å². The first-order valence-electron chi connectivity index (χ1n) is 18.0. The van der Waals surface area contributed by atoms with Gasteiger partial charge in [0.15, 0.2) is 24.6 Å². The minimum absolute atomic E-state index is 0.0247. The molecule has 14 nitrogen and oxygen atoms in total. The van der Waals surface area contributed by atoms with E-state index >= 15 is 0 Å². The van der Waals surface area contributed by atoms with Gasteiger partial charge in [-0.15, -0.1) is 0 Å². The van der Waals surface area contributed by atoms with E-state index in [1.54, 1.807) is 29.2 Å². The lowest BCUT2D eigenvalue weighted by molar-refractivity contribution is -0.282. The third-order valence-electron chi connectivity index (χ3n) is 10.5. The number of hydrogen-bond acceptors (Lipinski definition) is 13. The molecule has 1 fully saturated rings. The Morgan fingerprint density at radius 2 is 1.74 bits per heavy atom. The van der Waals surface area contributed by atoms with Gasteiger partial charge in [0.2, 0.25) is 5.79 Å². The van der Waals surface area contributed by atoms with Crippen molar-refractivity contribution in [1.82, 2.24) is 9.55 Å². The average Bonchev–Trinajstić information content (AvgIpc) is 3.68. The zero-order valence-electron chi connectivity index (χ0n) is 31.9. The summed E-state index contributed by atoms with van der Waals surface area (Å²) < 4.78 is 49.9. The molecule has 0 amide bonds. The van der Waals surface area contributed by atoms with Crippen LogP contribution in [0.4, 0.5) is 0 Å². The molecule has 0 radical (unpaired) electrons. The normalized spacial score (nSPS) is 34.9. The largest absolute Gasteiger partial charge is 0.456 e. The Kier molecular flexibility index (Phi) is 12.5. The van der Waals surface area contributed by atoms with E-state index in [9.17, 15) is 19.2 Å². The third-order valence-corrected chi connectivity index (χ3v) is 10.5. The summed E-state index contributed by atoms with van der Waals surface area (Å²) in [7, 11) is 3.38. The first kappa shape index (κ1) is 40.1. The first-order valence-corrected chi connectivity index (χ1v) is 18.0. The SMILES string of the molecule is CO[C@]12C=C[C@](C)(O1)[C@@H](OC(=O)/C=C/c1cn(C)cn1)C[C@H]1C(C)=CC[C@H](C(C)C)[C@H]1/C=C\2CO[C@@H]1OC[C@@H](OC(C)=O)[C@@H](OC(C)=O)[C@@H]1OC(C)=O. The number of ether oxygens (including phenoxy) is 8. The molecule has 0 aromatic carbocycles. The number of fused-ring (bicyclic) bond motifs is 3. The number of hydrogen-bond donors (Lipinski definition) is 0. The van der Waals surface area contributed by atoms with Gasteiger partial charge >= 0.3 is 23.9 Å². The minimum Gasteiger partial charge on any atom is -0.456 e. The predicted molar refractivity (Wildman–Crippen MR) is 189 cm³/mol. The summed E-state index contributed by atoms with van der Waals surface area (Å²) in [6.07, 6.45) is 10.4. The summed E-state index contributed by atoms with van der Waals surface area (Å²) in [5, 5.41) is 0. The lowest BCUT2D eigenvalue weighted by atomic mass is 9.65. The maximum absolute atomic E-state index is 13.4. The Balaban J connectivity index is 1.50. The van der Waals surface area contributed by atoms with Gasteiger partial charge in [0.05, 0.1) is 25.2 Å². The molecule has 53 heavy (non-hydrogen) atoms. The molecular weight excluding hydrogens is 688 g/mol. The number of rotatable bonds is 11. The van der Waals surface area contributed by atoms with E-state index < -0.39 is 66.0 Å². The highest BCUT2D eigenvalue weighted by Gasteiger charge is 2.54. The van der Waals surface area contributed by atoms with Crippen LogP contribution in [-0.4, -0.2) is 95.8 Å². The Morgan fingerprint density at radius 1 is 1.04 bits per heavy atom. The fourth-order valence-corrected chi connectivity index (χ4v) is 7.79. The van der Waals surface area contributed by atoms with Gasteiger partial charge in [0.1, 0.15) is 11.7 Å². The van der Waals surface area contributed by atoms with Crippen molar-refractivity contribution in [1.29, 1.82) is 0 Å². The smallest absolute Gasteiger partial charge is 0.331 e. The predicted octanol–water partition coefficient (Wildman–Crippen LogP) is 4.39. The second-order valence-corrected chi connectivity index (χ2v) is 14.7. The summed E-state index contributed by atoms with van der Waals surface area (Å²) >= 11 is 0. The molecule has 1 aromatic heterocycles. The van der Waals surface area contributed by atoms with Crippen LogP contribution in [0.5, 0.6) is 0 Å². The summed E-state index contributed by atoms with van der Waals surface area (Å²) in [5.41, 5.74) is 1.31. The van der Waals surface area contributed by atoms with Crippen LogP contribution < -0.4 is 0 Å². The van der Waals surface area contributed by atoms with Gasteiger partial charge < -0.3 is 42.5 Å². The molecule has 290 valence electrons. The molecule has 1 saturated heterocycles. The fourth-order valence-electron chi connectivity index (χ4n) is 7.79. The summed E-state index contributed by atoms with van der Waals surface area (Å²) in [4.78, 5) is 54.0. The van der Waals surface area contributed by atoms with Crippen molar-refractivity contribution in [2.24, 2.45) is 30.7 Å². The minimum atomic E-state index is -1.43. The monoisotopic (exact) mass is 740 g/mol. The molecular formula is C39H52N2O12. The number of aromatic nitrogens is 2. The lowest BCUT2D eigenvalue weighted by Gasteiger charge is -2.41. The van der Waals surface area contributed by atoms with Gasteiger partial charge in [0, 0.05) is 52.8 Å². The maximum Gasteiger partial charge on any atom is 0.331 e. The first-order chi connectivity index (χ1) is 25.0. The van der Waals surface area contributed by atoms with Gasteiger partial charge in [-0.1, -0.05) is 31.6 Å². The molecule has 0 spiro atoms. The summed E-state index contributed by atoms with van der Waals surface area (Å²) in [5.74, 6) is -3.47. The zero-order valence-corrected chi connectivity index (χ0v) is 31.9. The van der Waals surface area contributed by atoms with E-state index in [-0.39, 0.29) is 31.0 Å². The molecule has 1 aliphatic carbocycles. The van der Waals surface area contributed by atoms with Gasteiger partial charge in [-0.05, 0) is 68.6 Å². The molecule has 14 heteroatoms. The van der Waals surface area contributed by atoms with Crippen molar-refractivity contribution >= 4 is 30.0 Å². The fraction of sp³-hybridized carbons (Fsp3) is 0.615. The number of carbonyl (C=O) groups is 4. The molecule has 0 unspecified atom stereocenters. The number of allylic oxidation sites excluding steroid dienone is 3. The average molecular weight is 741 g/mol. The molecule has 4 heterocycles. The Morgan fingerprint density at radius 3 is 2.36 bits per heavy atom. The van der Waals surface area contributed by atoms with E-state index in [0.29, 0.717) is 23.6 Å². The molecule has 5 rings (SSSR count). The van der Waals surface area contributed by atoms with Crippen molar-refractivity contribution in [2.45, 2.75) is 103 Å². The number of aryl methyl sites for hydroxylation is 1. The van der Waals surface area contributed by atoms with Crippen LogP contribution >= 0.6 is 0 Å². The number of esters is 4. The summed E-state index contributed by atoms with van der Waals surface area (Å²) in [6.45, 7) is 11.7. The van der Waals surface area contributed by atoms with Gasteiger partial charge in [-0.3, -0.25) is 14.4 Å². The molecule has 4 aliphatic rings. The van der Waals surface area contributed by atoms with E-state index in [2.05, 4.69) is 37.9 Å². The number of methoxy groups -OCH3 is 1. The van der Waals surface area contributed by atoms with E-state index in [0.717, 1.165) is 6.42 Å². The van der Waals surface area contributed by atoms with Crippen molar-refractivity contribution in [3.8, 4) is 0 Å². The van der Waals surface area contributed by atoms with Gasteiger partial charge in [0.25, 0.3) is 0 Å². The highest BCUT2D eigenvalue weighted by molar-refractivity contribution is 5.86. The molecule has 10 atom stereocenters. The van der Waals surface area contributed by atoms with Crippen molar-refractivity contribution in [2.75, 3.05) is 20.3 Å². The van der Waals surface area contributed by atoms with Crippen LogP contribution in [0, 0.1) is 23.7 Å². The van der Waals surface area contributed by atoms with Gasteiger partial charge in [-0.2, -0.15) is 0 Å².